The molecule has 2 aliphatic heterocycles. The van der Waals surface area contributed by atoms with E-state index in [1.165, 1.54) is 26.9 Å². The van der Waals surface area contributed by atoms with Crippen molar-refractivity contribution in [2.45, 2.75) is 52.2 Å². The number of aromatic nitrogens is 1. The first-order chi connectivity index (χ1) is 15.1. The van der Waals surface area contributed by atoms with Crippen LogP contribution < -0.4 is 10.2 Å². The second-order valence-corrected chi connectivity index (χ2v) is 11.5. The number of rotatable bonds is 7. The topological polar surface area (TPSA) is 103 Å². The van der Waals surface area contributed by atoms with Gasteiger partial charge < -0.3 is 5.32 Å². The van der Waals surface area contributed by atoms with Crippen LogP contribution in [0, 0.1) is 5.92 Å². The highest BCUT2D eigenvalue weighted by Crippen LogP contribution is 2.43. The largest absolute Gasteiger partial charge is 0.352 e. The third-order valence-electron chi connectivity index (χ3n) is 6.26. The first-order valence-corrected chi connectivity index (χ1v) is 13.1. The van der Waals surface area contributed by atoms with Crippen LogP contribution in [0.5, 0.6) is 0 Å². The van der Waals surface area contributed by atoms with Gasteiger partial charge in [0, 0.05) is 33.6 Å². The van der Waals surface area contributed by atoms with Gasteiger partial charge in [0.2, 0.25) is 11.8 Å². The summed E-state index contributed by atoms with van der Waals surface area (Å²) in [6, 6.07) is 5.15. The van der Waals surface area contributed by atoms with Gasteiger partial charge in [-0.3, -0.25) is 14.5 Å². The summed E-state index contributed by atoms with van der Waals surface area (Å²) < 4.78 is 30.1. The molecule has 0 radical (unpaired) electrons. The molecule has 11 heteroatoms. The second-order valence-electron chi connectivity index (χ2n) is 8.49. The Hall–Kier alpha value is -2.08. The zero-order chi connectivity index (χ0) is 23.2. The molecule has 0 bridgehead atoms. The molecule has 0 saturated carbocycles. The quantitative estimate of drug-likeness (QED) is 0.654. The van der Waals surface area contributed by atoms with Crippen molar-refractivity contribution in [1.82, 2.24) is 18.9 Å². The maximum Gasteiger partial charge on any atom is 0.282 e. The molecule has 2 amide bonds. The SMILES string of the molecule is CCCN(C)S(=O)(=O)N1CC[C@H]2[C@H]1[C@H](C)C(=O)N2c1nc2ccc(CNC(C)=O)cc2s1. The summed E-state index contributed by atoms with van der Waals surface area (Å²) in [6.07, 6.45) is 1.32. The molecule has 2 aromatic rings. The molecular weight excluding hydrogens is 450 g/mol. The van der Waals surface area contributed by atoms with Crippen LogP contribution in [0.2, 0.25) is 0 Å². The van der Waals surface area contributed by atoms with Gasteiger partial charge in [0.25, 0.3) is 10.2 Å². The summed E-state index contributed by atoms with van der Waals surface area (Å²) in [5, 5.41) is 3.38. The number of fused-ring (bicyclic) bond motifs is 2. The predicted molar refractivity (Wildman–Crippen MR) is 125 cm³/mol. The van der Waals surface area contributed by atoms with Crippen molar-refractivity contribution < 1.29 is 18.0 Å². The van der Waals surface area contributed by atoms with Crippen LogP contribution in [0.25, 0.3) is 10.2 Å². The Morgan fingerprint density at radius 3 is 2.81 bits per heavy atom. The third kappa shape index (κ3) is 3.91. The van der Waals surface area contributed by atoms with E-state index in [1.807, 2.05) is 32.0 Å². The van der Waals surface area contributed by atoms with Crippen molar-refractivity contribution in [3.8, 4) is 0 Å². The number of thiazole rings is 1. The van der Waals surface area contributed by atoms with E-state index in [9.17, 15) is 18.0 Å². The number of benzene rings is 1. The number of nitrogens with zero attached hydrogens (tertiary/aromatic N) is 4. The van der Waals surface area contributed by atoms with Crippen LogP contribution in [-0.2, 0) is 26.3 Å². The van der Waals surface area contributed by atoms with Crippen molar-refractivity contribution in [3.05, 3.63) is 23.8 Å². The average Bonchev–Trinajstić information content (AvgIpc) is 3.41. The fraction of sp³-hybridized carbons (Fsp3) is 0.571. The van der Waals surface area contributed by atoms with Crippen molar-refractivity contribution >= 4 is 48.7 Å². The Morgan fingerprint density at radius 2 is 2.12 bits per heavy atom. The van der Waals surface area contributed by atoms with Crippen LogP contribution in [0.1, 0.15) is 39.2 Å². The van der Waals surface area contributed by atoms with Crippen LogP contribution in [-0.4, -0.2) is 66.0 Å². The highest BCUT2D eigenvalue weighted by molar-refractivity contribution is 7.86. The molecular formula is C21H29N5O4S2. The average molecular weight is 480 g/mol. The van der Waals surface area contributed by atoms with Crippen LogP contribution in [0.15, 0.2) is 18.2 Å². The molecule has 3 heterocycles. The normalized spacial score (nSPS) is 24.0. The molecule has 1 aromatic heterocycles. The van der Waals surface area contributed by atoms with E-state index in [4.69, 9.17) is 0 Å². The van der Waals surface area contributed by atoms with Gasteiger partial charge in [-0.15, -0.1) is 0 Å². The van der Waals surface area contributed by atoms with Gasteiger partial charge in [0.05, 0.1) is 28.2 Å². The maximum atomic E-state index is 13.2. The number of carbonyl (C=O) groups excluding carboxylic acids is 2. The summed E-state index contributed by atoms with van der Waals surface area (Å²) in [5.41, 5.74) is 1.74. The fourth-order valence-corrected chi connectivity index (χ4v) is 7.51. The molecule has 9 nitrogen and oxygen atoms in total. The summed E-state index contributed by atoms with van der Waals surface area (Å²) in [5.74, 6) is -0.617. The first kappa shape index (κ1) is 23.1. The second kappa shape index (κ2) is 8.69. The Bertz CT molecular complexity index is 1150. The zero-order valence-electron chi connectivity index (χ0n) is 18.7. The smallest absolute Gasteiger partial charge is 0.282 e. The standard InChI is InChI=1S/C21H29N5O4S2/c1-5-9-24(4)32(29,30)25-10-8-17-19(25)13(2)20(28)26(17)21-23-16-7-6-15(11-18(16)31-21)12-22-14(3)27/h6-7,11,13,17,19H,5,8-10,12H2,1-4H3,(H,22,27)/t13-,17-,19+/m0/s1. The van der Waals surface area contributed by atoms with E-state index in [2.05, 4.69) is 10.3 Å². The number of carbonyl (C=O) groups is 2. The van der Waals surface area contributed by atoms with Gasteiger partial charge in [-0.2, -0.15) is 17.0 Å². The molecule has 0 aliphatic carbocycles. The minimum absolute atomic E-state index is 0.0874. The molecule has 0 unspecified atom stereocenters. The summed E-state index contributed by atoms with van der Waals surface area (Å²) in [4.78, 5) is 30.8. The van der Waals surface area contributed by atoms with Gasteiger partial charge in [0.15, 0.2) is 5.13 Å². The lowest BCUT2D eigenvalue weighted by molar-refractivity contribution is -0.120. The number of amides is 2. The molecule has 174 valence electrons. The van der Waals surface area contributed by atoms with Crippen molar-refractivity contribution in [2.75, 3.05) is 25.0 Å². The molecule has 32 heavy (non-hydrogen) atoms. The molecule has 1 N–H and O–H groups in total. The van der Waals surface area contributed by atoms with Crippen LogP contribution >= 0.6 is 11.3 Å². The number of anilines is 1. The van der Waals surface area contributed by atoms with Crippen molar-refractivity contribution in [2.24, 2.45) is 5.92 Å². The molecule has 4 rings (SSSR count). The Kier molecular flexibility index (Phi) is 6.27. The Morgan fingerprint density at radius 1 is 1.38 bits per heavy atom. The maximum absolute atomic E-state index is 13.2. The summed E-state index contributed by atoms with van der Waals surface area (Å²) in [7, 11) is -2.03. The van der Waals surface area contributed by atoms with E-state index in [0.29, 0.717) is 31.2 Å². The van der Waals surface area contributed by atoms with Gasteiger partial charge in [-0.05, 0) is 30.5 Å². The molecule has 1 aromatic carbocycles. The lowest BCUT2D eigenvalue weighted by atomic mass is 10.0. The summed E-state index contributed by atoms with van der Waals surface area (Å²) >= 11 is 1.42. The third-order valence-corrected chi connectivity index (χ3v) is 9.27. The van der Waals surface area contributed by atoms with E-state index < -0.39 is 22.2 Å². The molecule has 0 spiro atoms. The minimum atomic E-state index is -3.62. The fourth-order valence-electron chi connectivity index (χ4n) is 4.68. The van der Waals surface area contributed by atoms with Crippen molar-refractivity contribution in [1.29, 1.82) is 0 Å². The van der Waals surface area contributed by atoms with E-state index in [1.54, 1.807) is 11.9 Å². The molecule has 2 aliphatic rings. The van der Waals surface area contributed by atoms with Gasteiger partial charge >= 0.3 is 0 Å². The number of hydrogen-bond acceptors (Lipinski definition) is 6. The lowest BCUT2D eigenvalue weighted by Gasteiger charge is -2.29. The lowest BCUT2D eigenvalue weighted by Crippen LogP contribution is -2.48. The first-order valence-electron chi connectivity index (χ1n) is 10.8. The summed E-state index contributed by atoms with van der Waals surface area (Å²) in [6.45, 7) is 6.50. The number of nitrogens with one attached hydrogen (secondary N) is 1. The highest BCUT2D eigenvalue weighted by atomic mass is 32.2. The highest BCUT2D eigenvalue weighted by Gasteiger charge is 2.56. The Labute approximate surface area is 192 Å². The van der Waals surface area contributed by atoms with E-state index in [0.717, 1.165) is 22.2 Å². The molecule has 3 atom stereocenters. The van der Waals surface area contributed by atoms with Crippen LogP contribution in [0.3, 0.4) is 0 Å². The van der Waals surface area contributed by atoms with E-state index >= 15 is 0 Å². The van der Waals surface area contributed by atoms with Crippen LogP contribution in [0.4, 0.5) is 5.13 Å². The minimum Gasteiger partial charge on any atom is -0.352 e. The monoisotopic (exact) mass is 479 g/mol. The van der Waals surface area contributed by atoms with Crippen molar-refractivity contribution in [3.63, 3.8) is 0 Å². The zero-order valence-corrected chi connectivity index (χ0v) is 20.4. The molecule has 2 saturated heterocycles. The van der Waals surface area contributed by atoms with Gasteiger partial charge in [0.1, 0.15) is 0 Å². The Balaban J connectivity index is 1.62. The predicted octanol–water partition coefficient (Wildman–Crippen LogP) is 1.94. The van der Waals surface area contributed by atoms with Gasteiger partial charge in [-0.25, -0.2) is 4.98 Å². The van der Waals surface area contributed by atoms with E-state index in [-0.39, 0.29) is 17.9 Å². The molecule has 2 fully saturated rings. The van der Waals surface area contributed by atoms with Gasteiger partial charge in [-0.1, -0.05) is 31.3 Å². The number of hydrogen-bond donors (Lipinski definition) is 1.